The molecule has 0 heterocycles. The Balaban J connectivity index is 0.000000415. The van der Waals surface area contributed by atoms with Gasteiger partial charge >= 0.3 is 0 Å². The van der Waals surface area contributed by atoms with Gasteiger partial charge in [0.25, 0.3) is 0 Å². The van der Waals surface area contributed by atoms with E-state index in [1.165, 1.54) is 39.0 Å². The zero-order valence-corrected chi connectivity index (χ0v) is 24.2. The first-order valence-electron chi connectivity index (χ1n) is 13.6. The highest BCUT2D eigenvalue weighted by Crippen LogP contribution is 2.33. The summed E-state index contributed by atoms with van der Waals surface area (Å²) in [4.78, 5) is 0. The SMILES string of the molecule is C=C(C)/C(C)=C/C=C\C.C=CC(=C)c1cccc(-c2cc(-c3ccccc3)cc(-c3ccccc3)c2)c1.CC. The van der Waals surface area contributed by atoms with Crippen LogP contribution < -0.4 is 0 Å². The average molecular weight is 511 g/mol. The summed E-state index contributed by atoms with van der Waals surface area (Å²) in [6.45, 7) is 21.8. The van der Waals surface area contributed by atoms with Crippen LogP contribution in [0.15, 0.2) is 158 Å². The van der Waals surface area contributed by atoms with Crippen molar-refractivity contribution in [3.05, 3.63) is 164 Å². The van der Waals surface area contributed by atoms with Gasteiger partial charge in [-0.25, -0.2) is 0 Å². The van der Waals surface area contributed by atoms with Crippen molar-refractivity contribution < 1.29 is 0 Å². The van der Waals surface area contributed by atoms with Gasteiger partial charge < -0.3 is 0 Å². The maximum Gasteiger partial charge on any atom is -0.0171 e. The second-order valence-corrected chi connectivity index (χ2v) is 9.00. The van der Waals surface area contributed by atoms with Crippen molar-refractivity contribution in [2.24, 2.45) is 0 Å². The van der Waals surface area contributed by atoms with Gasteiger partial charge in [-0.05, 0) is 95.1 Å². The van der Waals surface area contributed by atoms with Crippen LogP contribution in [0.2, 0.25) is 0 Å². The van der Waals surface area contributed by atoms with E-state index in [0.717, 1.165) is 16.7 Å². The molecule has 4 aromatic carbocycles. The van der Waals surface area contributed by atoms with Crippen LogP contribution in [0.5, 0.6) is 0 Å². The number of hydrogen-bond donors (Lipinski definition) is 0. The summed E-state index contributed by atoms with van der Waals surface area (Å²) in [6.07, 6.45) is 7.88. The standard InChI is InChI=1S/C28H22.C9H14.C2H6/c1-3-21(2)24-15-10-16-25(17-24)28-19-26(22-11-6-4-7-12-22)18-27(20-28)23-13-8-5-9-14-23;1-5-6-7-9(4)8(2)3;1-2/h3-20H,1-2H2;5-7H,2H2,1,3-4H3;1-2H3/b;6-5-,9-7+;. The van der Waals surface area contributed by atoms with Crippen LogP contribution in [0.1, 0.15) is 40.2 Å². The van der Waals surface area contributed by atoms with Crippen molar-refractivity contribution in [2.45, 2.75) is 34.6 Å². The van der Waals surface area contributed by atoms with Crippen LogP contribution >= 0.6 is 0 Å². The summed E-state index contributed by atoms with van der Waals surface area (Å²) in [7, 11) is 0. The lowest BCUT2D eigenvalue weighted by Crippen LogP contribution is -1.87. The summed E-state index contributed by atoms with van der Waals surface area (Å²) in [6, 6.07) is 36.3. The van der Waals surface area contributed by atoms with Gasteiger partial charge in [0.1, 0.15) is 0 Å². The quantitative estimate of drug-likeness (QED) is 0.217. The highest BCUT2D eigenvalue weighted by Gasteiger charge is 2.08. The highest BCUT2D eigenvalue weighted by atomic mass is 14.1. The van der Waals surface area contributed by atoms with Gasteiger partial charge in [-0.1, -0.05) is 142 Å². The van der Waals surface area contributed by atoms with E-state index in [-0.39, 0.29) is 0 Å². The Morgan fingerprint density at radius 3 is 1.49 bits per heavy atom. The molecule has 0 fully saturated rings. The van der Waals surface area contributed by atoms with Gasteiger partial charge in [0.15, 0.2) is 0 Å². The molecule has 39 heavy (non-hydrogen) atoms. The second-order valence-electron chi connectivity index (χ2n) is 9.00. The molecule has 0 aliphatic carbocycles. The van der Waals surface area contributed by atoms with E-state index in [0.29, 0.717) is 0 Å². The van der Waals surface area contributed by atoms with Crippen LogP contribution in [0.4, 0.5) is 0 Å². The third-order valence-electron chi connectivity index (χ3n) is 6.17. The van der Waals surface area contributed by atoms with E-state index in [1.807, 2.05) is 39.8 Å². The lowest BCUT2D eigenvalue weighted by Gasteiger charge is -2.12. The molecule has 0 N–H and O–H groups in total. The topological polar surface area (TPSA) is 0 Å². The Morgan fingerprint density at radius 2 is 1.05 bits per heavy atom. The van der Waals surface area contributed by atoms with Crippen molar-refractivity contribution in [2.75, 3.05) is 0 Å². The first kappa shape index (κ1) is 30.8. The van der Waals surface area contributed by atoms with E-state index in [2.05, 4.69) is 136 Å². The minimum atomic E-state index is 0.935. The lowest BCUT2D eigenvalue weighted by molar-refractivity contribution is 1.36. The summed E-state index contributed by atoms with van der Waals surface area (Å²) in [5.41, 5.74) is 11.6. The number of hydrogen-bond acceptors (Lipinski definition) is 0. The van der Waals surface area contributed by atoms with E-state index in [1.54, 1.807) is 6.08 Å². The van der Waals surface area contributed by atoms with Crippen LogP contribution in [0.25, 0.3) is 39.0 Å². The molecule has 0 aliphatic heterocycles. The summed E-state index contributed by atoms with van der Waals surface area (Å²) in [5.74, 6) is 0. The van der Waals surface area contributed by atoms with E-state index < -0.39 is 0 Å². The molecule has 0 bridgehead atoms. The number of rotatable bonds is 7. The Labute approximate surface area is 237 Å². The first-order chi connectivity index (χ1) is 18.9. The van der Waals surface area contributed by atoms with Crippen molar-refractivity contribution in [1.29, 1.82) is 0 Å². The van der Waals surface area contributed by atoms with Gasteiger partial charge in [0, 0.05) is 0 Å². The van der Waals surface area contributed by atoms with Crippen LogP contribution in [0.3, 0.4) is 0 Å². The molecule has 0 saturated carbocycles. The molecular formula is C39H42. The van der Waals surface area contributed by atoms with Gasteiger partial charge in [-0.15, -0.1) is 0 Å². The van der Waals surface area contributed by atoms with Gasteiger partial charge in [0.05, 0.1) is 0 Å². The Hall–Kier alpha value is -4.42. The molecule has 0 spiro atoms. The molecule has 0 unspecified atom stereocenters. The largest absolute Gasteiger partial charge is 0.0985 e. The Morgan fingerprint density at radius 1 is 0.590 bits per heavy atom. The predicted octanol–water partition coefficient (Wildman–Crippen LogP) is 12.0. The Bertz CT molecular complexity index is 1360. The molecule has 4 aromatic rings. The minimum absolute atomic E-state index is 0.935. The molecule has 4 rings (SSSR count). The third-order valence-corrected chi connectivity index (χ3v) is 6.17. The number of allylic oxidation sites excluding steroid dienone is 7. The molecule has 198 valence electrons. The van der Waals surface area contributed by atoms with Crippen molar-refractivity contribution in [1.82, 2.24) is 0 Å². The van der Waals surface area contributed by atoms with Crippen molar-refractivity contribution in [3.63, 3.8) is 0 Å². The van der Waals surface area contributed by atoms with Crippen molar-refractivity contribution >= 4 is 5.57 Å². The fraction of sp³-hybridized carbons (Fsp3) is 0.128. The first-order valence-corrected chi connectivity index (χ1v) is 13.6. The fourth-order valence-electron chi connectivity index (χ4n) is 3.79. The molecule has 0 nitrogen and oxygen atoms in total. The molecule has 0 amide bonds. The molecule has 0 radical (unpaired) electrons. The fourth-order valence-corrected chi connectivity index (χ4v) is 3.79. The predicted molar refractivity (Wildman–Crippen MR) is 177 cm³/mol. The van der Waals surface area contributed by atoms with Crippen molar-refractivity contribution in [3.8, 4) is 33.4 Å². The smallest absolute Gasteiger partial charge is 0.0171 e. The summed E-state index contributed by atoms with van der Waals surface area (Å²) in [5, 5.41) is 0. The summed E-state index contributed by atoms with van der Waals surface area (Å²) < 4.78 is 0. The molecule has 0 aromatic heterocycles. The monoisotopic (exact) mass is 510 g/mol. The third kappa shape index (κ3) is 9.43. The molecule has 0 atom stereocenters. The van der Waals surface area contributed by atoms with Crippen LogP contribution in [-0.2, 0) is 0 Å². The molecule has 0 aliphatic rings. The zero-order chi connectivity index (χ0) is 28.6. The van der Waals surface area contributed by atoms with E-state index in [9.17, 15) is 0 Å². The lowest BCUT2D eigenvalue weighted by atomic mass is 9.92. The van der Waals surface area contributed by atoms with Crippen LogP contribution in [-0.4, -0.2) is 0 Å². The maximum atomic E-state index is 4.09. The van der Waals surface area contributed by atoms with Gasteiger partial charge in [-0.3, -0.25) is 0 Å². The molecule has 0 saturated heterocycles. The average Bonchev–Trinajstić information content (AvgIpc) is 3.01. The Kier molecular flexibility index (Phi) is 13.0. The van der Waals surface area contributed by atoms with E-state index >= 15 is 0 Å². The summed E-state index contributed by atoms with van der Waals surface area (Å²) >= 11 is 0. The minimum Gasteiger partial charge on any atom is -0.0985 e. The zero-order valence-electron chi connectivity index (χ0n) is 24.2. The molecule has 0 heteroatoms. The van der Waals surface area contributed by atoms with Crippen LogP contribution in [0, 0.1) is 0 Å². The normalized spacial score (nSPS) is 10.5. The number of benzene rings is 4. The van der Waals surface area contributed by atoms with Gasteiger partial charge in [0.2, 0.25) is 0 Å². The maximum absolute atomic E-state index is 4.09. The van der Waals surface area contributed by atoms with Gasteiger partial charge in [-0.2, -0.15) is 0 Å². The molecular weight excluding hydrogens is 468 g/mol. The van der Waals surface area contributed by atoms with E-state index in [4.69, 9.17) is 0 Å². The highest BCUT2D eigenvalue weighted by molar-refractivity contribution is 5.83. The second kappa shape index (κ2) is 16.4.